The molecule has 0 unspecified atom stereocenters. The lowest BCUT2D eigenvalue weighted by Crippen LogP contribution is -2.70. The normalized spacial score (nSPS) is 31.1. The highest BCUT2D eigenvalue weighted by molar-refractivity contribution is 5.10. The van der Waals surface area contributed by atoms with Crippen LogP contribution in [0.1, 0.15) is 48.0 Å². The van der Waals surface area contributed by atoms with Crippen molar-refractivity contribution in [2.45, 2.75) is 59.2 Å². The third kappa shape index (κ3) is 0.868. The van der Waals surface area contributed by atoms with Gasteiger partial charge in [-0.05, 0) is 34.1 Å². The fourth-order valence-electron chi connectivity index (χ4n) is 2.39. The largest absolute Gasteiger partial charge is 0.368 e. The van der Waals surface area contributed by atoms with Crippen LogP contribution in [0.3, 0.4) is 0 Å². The van der Waals surface area contributed by atoms with Gasteiger partial charge in [0.05, 0.1) is 11.2 Å². The second-order valence-corrected chi connectivity index (χ2v) is 4.81. The van der Waals surface area contributed by atoms with Crippen LogP contribution in [-0.2, 0) is 4.74 Å². The van der Waals surface area contributed by atoms with Crippen molar-refractivity contribution in [3.8, 4) is 0 Å². The van der Waals surface area contributed by atoms with E-state index in [4.69, 9.17) is 4.74 Å². The van der Waals surface area contributed by atoms with Crippen LogP contribution in [0.25, 0.3) is 0 Å². The molecule has 1 saturated heterocycles. The van der Waals surface area contributed by atoms with Gasteiger partial charge in [0, 0.05) is 5.41 Å². The van der Waals surface area contributed by atoms with E-state index in [1.54, 1.807) is 0 Å². The Labute approximate surface area is 70.1 Å². The summed E-state index contributed by atoms with van der Waals surface area (Å²) in [6, 6.07) is 0. The Morgan fingerprint density at radius 2 is 1.27 bits per heavy atom. The predicted octanol–water partition coefficient (Wildman–Crippen LogP) is 2.99. The first kappa shape index (κ1) is 9.05. The van der Waals surface area contributed by atoms with Gasteiger partial charge >= 0.3 is 0 Å². The summed E-state index contributed by atoms with van der Waals surface area (Å²) in [4.78, 5) is 0. The minimum Gasteiger partial charge on any atom is -0.368 e. The molecule has 0 aromatic heterocycles. The molecule has 0 amide bonds. The predicted molar refractivity (Wildman–Crippen MR) is 47.6 cm³/mol. The zero-order valence-electron chi connectivity index (χ0n) is 8.62. The van der Waals surface area contributed by atoms with Gasteiger partial charge < -0.3 is 4.74 Å². The highest BCUT2D eigenvalue weighted by Gasteiger charge is 2.62. The molecule has 1 heterocycles. The number of hydrogen-bond acceptors (Lipinski definition) is 1. The third-order valence-corrected chi connectivity index (χ3v) is 3.88. The molecule has 1 rings (SSSR count). The molecule has 0 aliphatic carbocycles. The van der Waals surface area contributed by atoms with E-state index in [2.05, 4.69) is 41.5 Å². The second-order valence-electron chi connectivity index (χ2n) is 4.81. The first-order valence-electron chi connectivity index (χ1n) is 4.47. The van der Waals surface area contributed by atoms with E-state index in [0.717, 1.165) is 0 Å². The summed E-state index contributed by atoms with van der Waals surface area (Å²) in [5.74, 6) is 0. The van der Waals surface area contributed by atoms with E-state index in [1.807, 2.05) is 0 Å². The van der Waals surface area contributed by atoms with E-state index >= 15 is 0 Å². The smallest absolute Gasteiger partial charge is 0.0714 e. The molecular weight excluding hydrogens is 136 g/mol. The molecule has 11 heavy (non-hydrogen) atoms. The molecule has 0 radical (unpaired) electrons. The molecular formula is C10H20O. The molecule has 66 valence electrons. The van der Waals surface area contributed by atoms with Crippen LogP contribution in [0.15, 0.2) is 0 Å². The summed E-state index contributed by atoms with van der Waals surface area (Å²) in [5, 5.41) is 0. The molecule has 1 nitrogen and oxygen atoms in total. The molecule has 0 bridgehead atoms. The Hall–Kier alpha value is -0.0400. The van der Waals surface area contributed by atoms with Gasteiger partial charge in [-0.15, -0.1) is 0 Å². The summed E-state index contributed by atoms with van der Waals surface area (Å²) in [6.07, 6.45) is 1.19. The average Bonchev–Trinajstić information content (AvgIpc) is 1.83. The summed E-state index contributed by atoms with van der Waals surface area (Å²) < 4.78 is 5.82. The van der Waals surface area contributed by atoms with Crippen molar-refractivity contribution in [2.24, 2.45) is 5.41 Å². The lowest BCUT2D eigenvalue weighted by molar-refractivity contribution is -0.347. The van der Waals surface area contributed by atoms with Crippen LogP contribution < -0.4 is 0 Å². The summed E-state index contributed by atoms with van der Waals surface area (Å²) in [5.41, 5.74) is 0.455. The highest BCUT2D eigenvalue weighted by Crippen LogP contribution is 2.58. The molecule has 1 heteroatoms. The average molecular weight is 156 g/mol. The Balaban J connectivity index is 2.89. The van der Waals surface area contributed by atoms with Crippen molar-refractivity contribution in [1.82, 2.24) is 0 Å². The Morgan fingerprint density at radius 1 is 0.909 bits per heavy atom. The van der Waals surface area contributed by atoms with E-state index in [9.17, 15) is 0 Å². The zero-order chi connectivity index (χ0) is 8.91. The SMILES string of the molecule is CCC1(C)C(C)(C)OC1(C)C. The fourth-order valence-corrected chi connectivity index (χ4v) is 2.39. The van der Waals surface area contributed by atoms with Gasteiger partial charge in [0.15, 0.2) is 0 Å². The van der Waals surface area contributed by atoms with E-state index in [-0.39, 0.29) is 11.2 Å². The molecule has 0 aromatic rings. The van der Waals surface area contributed by atoms with Crippen molar-refractivity contribution in [3.05, 3.63) is 0 Å². The van der Waals surface area contributed by atoms with Crippen molar-refractivity contribution in [1.29, 1.82) is 0 Å². The van der Waals surface area contributed by atoms with E-state index in [0.29, 0.717) is 5.41 Å². The minimum absolute atomic E-state index is 0.0608. The molecule has 0 spiro atoms. The van der Waals surface area contributed by atoms with E-state index < -0.39 is 0 Å². The topological polar surface area (TPSA) is 9.23 Å². The standard InChI is InChI=1S/C10H20O/c1-7-10(6)8(2,3)11-9(10,4)5/h7H2,1-6H3. The van der Waals surface area contributed by atoms with Crippen molar-refractivity contribution in [3.63, 3.8) is 0 Å². The Morgan fingerprint density at radius 3 is 1.36 bits per heavy atom. The van der Waals surface area contributed by atoms with Gasteiger partial charge in [-0.3, -0.25) is 0 Å². The maximum atomic E-state index is 5.82. The third-order valence-electron chi connectivity index (χ3n) is 3.88. The second kappa shape index (κ2) is 2.01. The Kier molecular flexibility index (Phi) is 1.65. The van der Waals surface area contributed by atoms with Crippen LogP contribution in [0, 0.1) is 5.41 Å². The first-order chi connectivity index (χ1) is 4.77. The fraction of sp³-hybridized carbons (Fsp3) is 1.00. The summed E-state index contributed by atoms with van der Waals surface area (Å²) >= 11 is 0. The van der Waals surface area contributed by atoms with Crippen molar-refractivity contribution >= 4 is 0 Å². The van der Waals surface area contributed by atoms with Gasteiger partial charge in [0.1, 0.15) is 0 Å². The van der Waals surface area contributed by atoms with Crippen LogP contribution in [0.2, 0.25) is 0 Å². The molecule has 0 N–H and O–H groups in total. The van der Waals surface area contributed by atoms with Gasteiger partial charge in [-0.25, -0.2) is 0 Å². The molecule has 1 aliphatic rings. The number of rotatable bonds is 1. The monoisotopic (exact) mass is 156 g/mol. The Bertz CT molecular complexity index is 154. The first-order valence-corrected chi connectivity index (χ1v) is 4.47. The van der Waals surface area contributed by atoms with Crippen LogP contribution >= 0.6 is 0 Å². The maximum absolute atomic E-state index is 5.82. The number of ether oxygens (including phenoxy) is 1. The molecule has 0 atom stereocenters. The van der Waals surface area contributed by atoms with Crippen molar-refractivity contribution < 1.29 is 4.74 Å². The van der Waals surface area contributed by atoms with Gasteiger partial charge in [-0.1, -0.05) is 13.8 Å². The lowest BCUT2D eigenvalue weighted by Gasteiger charge is -2.65. The molecule has 0 saturated carbocycles. The molecule has 1 aliphatic heterocycles. The van der Waals surface area contributed by atoms with Crippen LogP contribution in [0.5, 0.6) is 0 Å². The number of hydrogen-bond donors (Lipinski definition) is 0. The maximum Gasteiger partial charge on any atom is 0.0714 e. The molecule has 1 fully saturated rings. The minimum atomic E-state index is 0.0608. The summed E-state index contributed by atoms with van der Waals surface area (Å²) in [6.45, 7) is 13.3. The van der Waals surface area contributed by atoms with Gasteiger partial charge in [0.25, 0.3) is 0 Å². The summed E-state index contributed by atoms with van der Waals surface area (Å²) in [7, 11) is 0. The van der Waals surface area contributed by atoms with Gasteiger partial charge in [0.2, 0.25) is 0 Å². The van der Waals surface area contributed by atoms with Crippen LogP contribution in [-0.4, -0.2) is 11.2 Å². The van der Waals surface area contributed by atoms with Crippen LogP contribution in [0.4, 0.5) is 0 Å². The highest BCUT2D eigenvalue weighted by atomic mass is 16.6. The molecule has 0 aromatic carbocycles. The van der Waals surface area contributed by atoms with Crippen molar-refractivity contribution in [2.75, 3.05) is 0 Å². The van der Waals surface area contributed by atoms with E-state index in [1.165, 1.54) is 6.42 Å². The van der Waals surface area contributed by atoms with Gasteiger partial charge in [-0.2, -0.15) is 0 Å². The quantitative estimate of drug-likeness (QED) is 0.567. The lowest BCUT2D eigenvalue weighted by atomic mass is 9.58. The zero-order valence-corrected chi connectivity index (χ0v) is 8.62.